The number of hydrogen-bond donors (Lipinski definition) is 1. The van der Waals surface area contributed by atoms with Crippen molar-refractivity contribution in [3.63, 3.8) is 0 Å². The Morgan fingerprint density at radius 1 is 1.62 bits per heavy atom. The van der Waals surface area contributed by atoms with Crippen LogP contribution in [0.4, 0.5) is 0 Å². The van der Waals surface area contributed by atoms with Crippen molar-refractivity contribution in [2.24, 2.45) is 5.73 Å². The molecule has 0 aliphatic heterocycles. The summed E-state index contributed by atoms with van der Waals surface area (Å²) in [7, 11) is 1.62. The second-order valence-electron chi connectivity index (χ2n) is 3.22. The fourth-order valence-electron chi connectivity index (χ4n) is 1.11. The fraction of sp³-hybridized carbons (Fsp3) is 0.500. The van der Waals surface area contributed by atoms with E-state index in [-0.39, 0.29) is 6.04 Å². The number of nitrogens with two attached hydrogens (primary N) is 1. The van der Waals surface area contributed by atoms with Gasteiger partial charge in [0.15, 0.2) is 0 Å². The SMILES string of the molecule is COc1cc(CC[C@H](C)N)ccn1. The van der Waals surface area contributed by atoms with Gasteiger partial charge in [-0.05, 0) is 31.4 Å². The molecule has 0 unspecified atom stereocenters. The zero-order valence-corrected chi connectivity index (χ0v) is 8.16. The molecule has 0 aromatic carbocycles. The van der Waals surface area contributed by atoms with E-state index in [0.29, 0.717) is 5.88 Å². The van der Waals surface area contributed by atoms with Gasteiger partial charge in [0, 0.05) is 18.3 Å². The molecule has 0 spiro atoms. The van der Waals surface area contributed by atoms with Crippen molar-refractivity contribution in [2.45, 2.75) is 25.8 Å². The molecule has 0 saturated carbocycles. The highest BCUT2D eigenvalue weighted by atomic mass is 16.5. The van der Waals surface area contributed by atoms with Gasteiger partial charge in [0.25, 0.3) is 0 Å². The summed E-state index contributed by atoms with van der Waals surface area (Å²) in [5, 5.41) is 0. The van der Waals surface area contributed by atoms with E-state index in [4.69, 9.17) is 10.5 Å². The van der Waals surface area contributed by atoms with Gasteiger partial charge in [0.05, 0.1) is 7.11 Å². The molecule has 0 amide bonds. The molecule has 72 valence electrons. The molecule has 13 heavy (non-hydrogen) atoms. The summed E-state index contributed by atoms with van der Waals surface area (Å²) in [6, 6.07) is 4.19. The lowest BCUT2D eigenvalue weighted by Gasteiger charge is -2.05. The lowest BCUT2D eigenvalue weighted by molar-refractivity contribution is 0.397. The van der Waals surface area contributed by atoms with Crippen molar-refractivity contribution in [3.05, 3.63) is 23.9 Å². The Kier molecular flexibility index (Phi) is 3.71. The molecule has 0 saturated heterocycles. The van der Waals surface area contributed by atoms with Gasteiger partial charge in [-0.25, -0.2) is 4.98 Å². The van der Waals surface area contributed by atoms with Gasteiger partial charge in [0.2, 0.25) is 5.88 Å². The third-order valence-electron chi connectivity index (χ3n) is 1.90. The Bertz CT molecular complexity index is 261. The maximum absolute atomic E-state index is 5.66. The molecule has 3 heteroatoms. The third-order valence-corrected chi connectivity index (χ3v) is 1.90. The first-order valence-corrected chi connectivity index (χ1v) is 4.47. The van der Waals surface area contributed by atoms with Crippen molar-refractivity contribution in [1.82, 2.24) is 4.98 Å². The van der Waals surface area contributed by atoms with Crippen molar-refractivity contribution < 1.29 is 4.74 Å². The van der Waals surface area contributed by atoms with Crippen LogP contribution in [0.3, 0.4) is 0 Å². The van der Waals surface area contributed by atoms with Crippen LogP contribution in [0.25, 0.3) is 0 Å². The van der Waals surface area contributed by atoms with Gasteiger partial charge in [-0.2, -0.15) is 0 Å². The minimum atomic E-state index is 0.249. The largest absolute Gasteiger partial charge is 0.481 e. The predicted molar refractivity (Wildman–Crippen MR) is 52.8 cm³/mol. The van der Waals surface area contributed by atoms with E-state index in [9.17, 15) is 0 Å². The van der Waals surface area contributed by atoms with Crippen molar-refractivity contribution >= 4 is 0 Å². The van der Waals surface area contributed by atoms with E-state index in [0.717, 1.165) is 12.8 Å². The average Bonchev–Trinajstić information content (AvgIpc) is 2.15. The number of ether oxygens (including phenoxy) is 1. The molecule has 0 radical (unpaired) electrons. The maximum Gasteiger partial charge on any atom is 0.213 e. The number of rotatable bonds is 4. The Labute approximate surface area is 78.9 Å². The summed E-state index contributed by atoms with van der Waals surface area (Å²) in [6.45, 7) is 2.01. The quantitative estimate of drug-likeness (QED) is 0.761. The summed E-state index contributed by atoms with van der Waals surface area (Å²) in [6.07, 6.45) is 3.74. The summed E-state index contributed by atoms with van der Waals surface area (Å²) in [5.41, 5.74) is 6.89. The van der Waals surface area contributed by atoms with Crippen LogP contribution in [0.15, 0.2) is 18.3 Å². The lowest BCUT2D eigenvalue weighted by atomic mass is 10.1. The fourth-order valence-corrected chi connectivity index (χ4v) is 1.11. The topological polar surface area (TPSA) is 48.1 Å². The molecule has 0 aliphatic rings. The Hall–Kier alpha value is -1.09. The van der Waals surface area contributed by atoms with Gasteiger partial charge in [-0.3, -0.25) is 0 Å². The molecule has 1 aromatic heterocycles. The Balaban J connectivity index is 2.56. The lowest BCUT2D eigenvalue weighted by Crippen LogP contribution is -2.15. The molecular weight excluding hydrogens is 164 g/mol. The number of methoxy groups -OCH3 is 1. The highest BCUT2D eigenvalue weighted by Crippen LogP contribution is 2.10. The summed E-state index contributed by atoms with van der Waals surface area (Å²) in [4.78, 5) is 4.03. The van der Waals surface area contributed by atoms with Crippen LogP contribution in [-0.4, -0.2) is 18.1 Å². The Morgan fingerprint density at radius 2 is 2.38 bits per heavy atom. The van der Waals surface area contributed by atoms with Crippen LogP contribution in [0.1, 0.15) is 18.9 Å². The van der Waals surface area contributed by atoms with E-state index in [1.807, 2.05) is 19.1 Å². The minimum Gasteiger partial charge on any atom is -0.481 e. The van der Waals surface area contributed by atoms with Gasteiger partial charge >= 0.3 is 0 Å². The third kappa shape index (κ3) is 3.42. The monoisotopic (exact) mass is 180 g/mol. The van der Waals surface area contributed by atoms with Crippen molar-refractivity contribution in [3.8, 4) is 5.88 Å². The van der Waals surface area contributed by atoms with Crippen LogP contribution in [-0.2, 0) is 6.42 Å². The molecule has 1 rings (SSSR count). The van der Waals surface area contributed by atoms with Gasteiger partial charge in [-0.15, -0.1) is 0 Å². The second kappa shape index (κ2) is 4.82. The highest BCUT2D eigenvalue weighted by Gasteiger charge is 1.98. The Morgan fingerprint density at radius 3 is 3.00 bits per heavy atom. The van der Waals surface area contributed by atoms with Crippen LogP contribution in [0.5, 0.6) is 5.88 Å². The maximum atomic E-state index is 5.66. The summed E-state index contributed by atoms with van der Waals surface area (Å²) >= 11 is 0. The van der Waals surface area contributed by atoms with Gasteiger partial charge < -0.3 is 10.5 Å². The van der Waals surface area contributed by atoms with Gasteiger partial charge in [0.1, 0.15) is 0 Å². The normalized spacial score (nSPS) is 12.5. The average molecular weight is 180 g/mol. The van der Waals surface area contributed by atoms with Gasteiger partial charge in [-0.1, -0.05) is 0 Å². The standard InChI is InChI=1S/C10H16N2O/c1-8(11)3-4-9-5-6-12-10(7-9)13-2/h5-8H,3-4,11H2,1-2H3/t8-/m0/s1. The van der Waals surface area contributed by atoms with Crippen molar-refractivity contribution in [1.29, 1.82) is 0 Å². The first-order valence-electron chi connectivity index (χ1n) is 4.47. The highest BCUT2D eigenvalue weighted by molar-refractivity contribution is 5.20. The number of nitrogens with zero attached hydrogens (tertiary/aromatic N) is 1. The van der Waals surface area contributed by atoms with E-state index in [1.54, 1.807) is 13.3 Å². The molecule has 0 aliphatic carbocycles. The molecule has 1 heterocycles. The van der Waals surface area contributed by atoms with E-state index in [2.05, 4.69) is 4.98 Å². The first-order chi connectivity index (χ1) is 6.22. The summed E-state index contributed by atoms with van der Waals surface area (Å²) < 4.78 is 5.02. The summed E-state index contributed by atoms with van der Waals surface area (Å²) in [5.74, 6) is 0.669. The molecular formula is C10H16N2O. The predicted octanol–water partition coefficient (Wildman–Crippen LogP) is 1.37. The molecule has 1 atom stereocenters. The van der Waals surface area contributed by atoms with Crippen LogP contribution < -0.4 is 10.5 Å². The second-order valence-corrected chi connectivity index (χ2v) is 3.22. The number of hydrogen-bond acceptors (Lipinski definition) is 3. The minimum absolute atomic E-state index is 0.249. The molecule has 0 bridgehead atoms. The van der Waals surface area contributed by atoms with Crippen LogP contribution >= 0.6 is 0 Å². The molecule has 1 aromatic rings. The van der Waals surface area contributed by atoms with E-state index in [1.165, 1.54) is 5.56 Å². The molecule has 0 fully saturated rings. The zero-order chi connectivity index (χ0) is 9.68. The van der Waals surface area contributed by atoms with Crippen molar-refractivity contribution in [2.75, 3.05) is 7.11 Å². The van der Waals surface area contributed by atoms with E-state index < -0.39 is 0 Å². The molecule has 3 nitrogen and oxygen atoms in total. The zero-order valence-electron chi connectivity index (χ0n) is 8.16. The van der Waals surface area contributed by atoms with Crippen LogP contribution in [0.2, 0.25) is 0 Å². The van der Waals surface area contributed by atoms with Crippen LogP contribution in [0, 0.1) is 0 Å². The molecule has 2 N–H and O–H groups in total. The van der Waals surface area contributed by atoms with E-state index >= 15 is 0 Å². The number of aromatic nitrogens is 1. The number of aryl methyl sites for hydroxylation is 1. The smallest absolute Gasteiger partial charge is 0.213 e. The number of pyridine rings is 1. The first kappa shape index (κ1) is 9.99.